The van der Waals surface area contributed by atoms with Crippen LogP contribution in [0, 0.1) is 0 Å². The first-order valence-electron chi connectivity index (χ1n) is 6.66. The Labute approximate surface area is 126 Å². The number of carbonyl (C=O) groups is 1. The molecule has 0 fully saturated rings. The quantitative estimate of drug-likeness (QED) is 0.728. The summed E-state index contributed by atoms with van der Waals surface area (Å²) in [7, 11) is 1.90. The first kappa shape index (κ1) is 13.9. The fourth-order valence-corrected chi connectivity index (χ4v) is 1.89. The topological polar surface area (TPSA) is 86.1 Å². The summed E-state index contributed by atoms with van der Waals surface area (Å²) in [5.74, 6) is 1.17. The zero-order valence-electron chi connectivity index (χ0n) is 11.9. The van der Waals surface area contributed by atoms with Gasteiger partial charge in [-0.25, -0.2) is 0 Å². The van der Waals surface area contributed by atoms with Crippen molar-refractivity contribution in [1.82, 2.24) is 20.0 Å². The predicted molar refractivity (Wildman–Crippen MR) is 78.3 cm³/mol. The van der Waals surface area contributed by atoms with Crippen molar-refractivity contribution in [3.63, 3.8) is 0 Å². The zero-order chi connectivity index (χ0) is 15.4. The van der Waals surface area contributed by atoms with Gasteiger partial charge in [-0.1, -0.05) is 5.16 Å². The standard InChI is InChI=1S/C15H14N4O3/c1-19-8-2-5-12(19)15-17-14(22-18-15)10-16-13(20)7-6-11-4-3-9-21-11/h2-9H,10H2,1H3,(H,16,20). The van der Waals surface area contributed by atoms with Crippen LogP contribution in [0.15, 0.2) is 51.7 Å². The van der Waals surface area contributed by atoms with Crippen molar-refractivity contribution in [2.75, 3.05) is 0 Å². The van der Waals surface area contributed by atoms with E-state index in [0.29, 0.717) is 17.5 Å². The van der Waals surface area contributed by atoms with Crippen LogP contribution in [0.3, 0.4) is 0 Å². The molecule has 7 heteroatoms. The van der Waals surface area contributed by atoms with E-state index in [1.54, 1.807) is 24.5 Å². The number of carbonyl (C=O) groups excluding carboxylic acids is 1. The maximum absolute atomic E-state index is 11.7. The first-order chi connectivity index (χ1) is 10.7. The van der Waals surface area contributed by atoms with Crippen LogP contribution < -0.4 is 5.32 Å². The van der Waals surface area contributed by atoms with Crippen LogP contribution in [-0.4, -0.2) is 20.6 Å². The van der Waals surface area contributed by atoms with Gasteiger partial charge in [0.1, 0.15) is 5.76 Å². The molecule has 0 atom stereocenters. The molecule has 0 saturated heterocycles. The molecular weight excluding hydrogens is 284 g/mol. The molecule has 0 radical (unpaired) electrons. The molecule has 112 valence electrons. The van der Waals surface area contributed by atoms with E-state index < -0.39 is 0 Å². The van der Waals surface area contributed by atoms with E-state index in [1.807, 2.05) is 29.9 Å². The van der Waals surface area contributed by atoms with Crippen LogP contribution in [0.25, 0.3) is 17.6 Å². The normalized spacial score (nSPS) is 11.1. The lowest BCUT2D eigenvalue weighted by Crippen LogP contribution is -2.20. The highest BCUT2D eigenvalue weighted by molar-refractivity contribution is 5.91. The largest absolute Gasteiger partial charge is 0.465 e. The summed E-state index contributed by atoms with van der Waals surface area (Å²) in [6.07, 6.45) is 6.40. The van der Waals surface area contributed by atoms with E-state index in [9.17, 15) is 4.79 Å². The summed E-state index contributed by atoms with van der Waals surface area (Å²) in [6.45, 7) is 0.165. The van der Waals surface area contributed by atoms with Gasteiger partial charge < -0.3 is 18.8 Å². The van der Waals surface area contributed by atoms with Gasteiger partial charge in [0.2, 0.25) is 17.6 Å². The second-order valence-electron chi connectivity index (χ2n) is 4.58. The number of hydrogen-bond acceptors (Lipinski definition) is 5. The second-order valence-corrected chi connectivity index (χ2v) is 4.58. The molecule has 3 aromatic heterocycles. The van der Waals surface area contributed by atoms with Crippen LogP contribution in [-0.2, 0) is 18.4 Å². The number of aromatic nitrogens is 3. The average molecular weight is 298 g/mol. The summed E-state index contributed by atoms with van der Waals surface area (Å²) in [5.41, 5.74) is 0.846. The van der Waals surface area contributed by atoms with Gasteiger partial charge in [0, 0.05) is 19.3 Å². The molecule has 0 saturated carbocycles. The molecule has 0 bridgehead atoms. The van der Waals surface area contributed by atoms with Gasteiger partial charge in [0.05, 0.1) is 18.5 Å². The monoisotopic (exact) mass is 298 g/mol. The van der Waals surface area contributed by atoms with Crippen molar-refractivity contribution in [2.24, 2.45) is 7.05 Å². The molecule has 0 aliphatic carbocycles. The third-order valence-corrected chi connectivity index (χ3v) is 3.00. The summed E-state index contributed by atoms with van der Waals surface area (Å²) in [5, 5.41) is 6.56. The van der Waals surface area contributed by atoms with Crippen molar-refractivity contribution in [3.05, 3.63) is 54.5 Å². The SMILES string of the molecule is Cn1cccc1-c1noc(CNC(=O)C=Cc2ccco2)n1. The maximum atomic E-state index is 11.7. The molecule has 3 heterocycles. The smallest absolute Gasteiger partial charge is 0.246 e. The van der Waals surface area contributed by atoms with E-state index in [0.717, 1.165) is 5.69 Å². The van der Waals surface area contributed by atoms with Gasteiger partial charge in [-0.15, -0.1) is 0 Å². The van der Waals surface area contributed by atoms with Gasteiger partial charge in [0.25, 0.3) is 0 Å². The Morgan fingerprint density at radius 1 is 1.41 bits per heavy atom. The Hall–Kier alpha value is -3.09. The molecule has 1 N–H and O–H groups in total. The maximum Gasteiger partial charge on any atom is 0.246 e. The number of nitrogens with zero attached hydrogens (tertiary/aromatic N) is 3. The lowest BCUT2D eigenvalue weighted by Gasteiger charge is -1.96. The Balaban J connectivity index is 1.57. The number of hydrogen-bond donors (Lipinski definition) is 1. The third-order valence-electron chi connectivity index (χ3n) is 3.00. The van der Waals surface area contributed by atoms with Crippen molar-refractivity contribution in [1.29, 1.82) is 0 Å². The van der Waals surface area contributed by atoms with E-state index in [1.165, 1.54) is 6.08 Å². The van der Waals surface area contributed by atoms with Crippen molar-refractivity contribution >= 4 is 12.0 Å². The minimum Gasteiger partial charge on any atom is -0.465 e. The molecule has 22 heavy (non-hydrogen) atoms. The van der Waals surface area contributed by atoms with Crippen molar-refractivity contribution in [2.45, 2.75) is 6.54 Å². The molecule has 0 aliphatic heterocycles. The molecule has 3 rings (SSSR count). The minimum absolute atomic E-state index is 0.165. The van der Waals surface area contributed by atoms with Crippen molar-refractivity contribution < 1.29 is 13.7 Å². The number of nitrogens with one attached hydrogen (secondary N) is 1. The molecule has 1 amide bonds. The Kier molecular flexibility index (Phi) is 3.86. The highest BCUT2D eigenvalue weighted by atomic mass is 16.5. The van der Waals surface area contributed by atoms with Gasteiger partial charge >= 0.3 is 0 Å². The van der Waals surface area contributed by atoms with E-state index in [-0.39, 0.29) is 12.5 Å². The Morgan fingerprint density at radius 2 is 2.32 bits per heavy atom. The zero-order valence-corrected chi connectivity index (χ0v) is 11.9. The molecular formula is C15H14N4O3. The molecule has 3 aromatic rings. The first-order valence-corrected chi connectivity index (χ1v) is 6.66. The summed E-state index contributed by atoms with van der Waals surface area (Å²) < 4.78 is 12.1. The van der Waals surface area contributed by atoms with Gasteiger partial charge in [-0.3, -0.25) is 4.79 Å². The summed E-state index contributed by atoms with van der Waals surface area (Å²) >= 11 is 0. The fourth-order valence-electron chi connectivity index (χ4n) is 1.89. The van der Waals surface area contributed by atoms with Crippen LogP contribution in [0.2, 0.25) is 0 Å². The van der Waals surface area contributed by atoms with E-state index in [2.05, 4.69) is 15.5 Å². The molecule has 0 aliphatic rings. The molecule has 0 unspecified atom stereocenters. The average Bonchev–Trinajstić information content (AvgIpc) is 3.24. The molecule has 7 nitrogen and oxygen atoms in total. The van der Waals surface area contributed by atoms with E-state index in [4.69, 9.17) is 8.94 Å². The Morgan fingerprint density at radius 3 is 3.05 bits per heavy atom. The van der Waals surface area contributed by atoms with Crippen molar-refractivity contribution in [3.8, 4) is 11.5 Å². The summed E-state index contributed by atoms with van der Waals surface area (Å²) in [4.78, 5) is 15.9. The van der Waals surface area contributed by atoms with Crippen LogP contribution in [0.4, 0.5) is 0 Å². The predicted octanol–water partition coefficient (Wildman–Crippen LogP) is 2.00. The minimum atomic E-state index is -0.269. The number of amides is 1. The lowest BCUT2D eigenvalue weighted by atomic mass is 10.4. The van der Waals surface area contributed by atoms with Gasteiger partial charge in [0.15, 0.2) is 0 Å². The fraction of sp³-hybridized carbons (Fsp3) is 0.133. The highest BCUT2D eigenvalue weighted by Gasteiger charge is 2.11. The number of furan rings is 1. The number of rotatable bonds is 5. The van der Waals surface area contributed by atoms with Gasteiger partial charge in [-0.2, -0.15) is 4.98 Å². The van der Waals surface area contributed by atoms with Crippen LogP contribution in [0.1, 0.15) is 11.7 Å². The van der Waals surface area contributed by atoms with Gasteiger partial charge in [-0.05, 0) is 30.3 Å². The lowest BCUT2D eigenvalue weighted by molar-refractivity contribution is -0.116. The Bertz CT molecular complexity index is 783. The third kappa shape index (κ3) is 3.14. The number of aryl methyl sites for hydroxylation is 1. The highest BCUT2D eigenvalue weighted by Crippen LogP contribution is 2.15. The van der Waals surface area contributed by atoms with E-state index >= 15 is 0 Å². The molecule has 0 spiro atoms. The second kappa shape index (κ2) is 6.13. The molecule has 0 aromatic carbocycles. The van der Waals surface area contributed by atoms with Crippen LogP contribution in [0.5, 0.6) is 0 Å². The summed E-state index contributed by atoms with van der Waals surface area (Å²) in [6, 6.07) is 7.29. The van der Waals surface area contributed by atoms with Crippen LogP contribution >= 0.6 is 0 Å².